The third kappa shape index (κ3) is 3.05. The van der Waals surface area contributed by atoms with Crippen molar-refractivity contribution in [2.24, 2.45) is 0 Å². The molecule has 1 aromatic rings. The van der Waals surface area contributed by atoms with Gasteiger partial charge in [-0.1, -0.05) is 24.6 Å². The summed E-state index contributed by atoms with van der Waals surface area (Å²) in [7, 11) is 0. The van der Waals surface area contributed by atoms with Crippen molar-refractivity contribution in [2.45, 2.75) is 44.7 Å². The Morgan fingerprint density at radius 2 is 2.09 bits per heavy atom. The summed E-state index contributed by atoms with van der Waals surface area (Å²) in [6.45, 7) is 1.95. The van der Waals surface area contributed by atoms with Gasteiger partial charge in [0.05, 0.1) is 22.7 Å². The van der Waals surface area contributed by atoms with E-state index in [2.05, 4.69) is 5.32 Å². The van der Waals surface area contributed by atoms with Gasteiger partial charge in [-0.3, -0.25) is 19.3 Å². The van der Waals surface area contributed by atoms with E-state index in [4.69, 9.17) is 0 Å². The molecule has 2 heterocycles. The van der Waals surface area contributed by atoms with Crippen LogP contribution in [0.25, 0.3) is 0 Å². The standard InChI is InChI=1S/C15H18N2O3S2/c1-9-6-12(21-7-9)14(19)16-10-4-2-3-5-11(10)17-13(18)8-22-15(17)20/h6-7,10-11H,2-5,8H2,1H3,(H,16,19)/t10-,11-/m0/s1. The lowest BCUT2D eigenvalue weighted by atomic mass is 9.89. The summed E-state index contributed by atoms with van der Waals surface area (Å²) in [5.41, 5.74) is 1.07. The molecule has 118 valence electrons. The third-order valence-electron chi connectivity index (χ3n) is 4.12. The van der Waals surface area contributed by atoms with Gasteiger partial charge < -0.3 is 5.32 Å². The van der Waals surface area contributed by atoms with Crippen molar-refractivity contribution in [3.63, 3.8) is 0 Å². The molecule has 1 N–H and O–H groups in total. The van der Waals surface area contributed by atoms with E-state index in [0.717, 1.165) is 43.0 Å². The summed E-state index contributed by atoms with van der Waals surface area (Å²) in [6, 6.07) is 1.52. The maximum atomic E-state index is 12.4. The van der Waals surface area contributed by atoms with E-state index in [0.29, 0.717) is 4.88 Å². The van der Waals surface area contributed by atoms with Crippen molar-refractivity contribution in [3.8, 4) is 0 Å². The second kappa shape index (κ2) is 6.42. The van der Waals surface area contributed by atoms with Gasteiger partial charge in [-0.2, -0.15) is 0 Å². The highest BCUT2D eigenvalue weighted by Crippen LogP contribution is 2.30. The van der Waals surface area contributed by atoms with E-state index in [1.54, 1.807) is 0 Å². The van der Waals surface area contributed by atoms with Crippen LogP contribution in [-0.4, -0.2) is 39.8 Å². The van der Waals surface area contributed by atoms with E-state index in [-0.39, 0.29) is 34.9 Å². The molecule has 2 fully saturated rings. The minimum atomic E-state index is -0.200. The first-order valence-electron chi connectivity index (χ1n) is 7.41. The molecule has 1 aliphatic heterocycles. The first-order valence-corrected chi connectivity index (χ1v) is 9.27. The van der Waals surface area contributed by atoms with Gasteiger partial charge in [0.2, 0.25) is 5.91 Å². The average Bonchev–Trinajstić information content (AvgIpc) is 3.06. The van der Waals surface area contributed by atoms with Crippen molar-refractivity contribution in [3.05, 3.63) is 21.9 Å². The van der Waals surface area contributed by atoms with Crippen LogP contribution in [0.15, 0.2) is 11.4 Å². The fourth-order valence-electron chi connectivity index (χ4n) is 3.06. The largest absolute Gasteiger partial charge is 0.347 e. The normalized spacial score (nSPS) is 25.6. The van der Waals surface area contributed by atoms with Crippen LogP contribution in [0.4, 0.5) is 4.79 Å². The summed E-state index contributed by atoms with van der Waals surface area (Å²) < 4.78 is 0. The molecule has 3 amide bonds. The monoisotopic (exact) mass is 338 g/mol. The third-order valence-corrected chi connectivity index (χ3v) is 6.00. The second-order valence-corrected chi connectivity index (χ2v) is 7.58. The zero-order chi connectivity index (χ0) is 15.7. The fourth-order valence-corrected chi connectivity index (χ4v) is 4.63. The predicted octanol–water partition coefficient (Wildman–Crippen LogP) is 2.79. The van der Waals surface area contributed by atoms with Crippen molar-refractivity contribution in [2.75, 3.05) is 5.75 Å². The Morgan fingerprint density at radius 1 is 1.32 bits per heavy atom. The lowest BCUT2D eigenvalue weighted by Gasteiger charge is -2.36. The molecule has 1 aromatic heterocycles. The molecule has 2 aliphatic rings. The minimum absolute atomic E-state index is 0.109. The van der Waals surface area contributed by atoms with Crippen LogP contribution >= 0.6 is 23.1 Å². The van der Waals surface area contributed by atoms with Gasteiger partial charge in [-0.05, 0) is 36.8 Å². The molecule has 7 heteroatoms. The number of nitrogens with one attached hydrogen (secondary N) is 1. The molecule has 22 heavy (non-hydrogen) atoms. The van der Waals surface area contributed by atoms with Gasteiger partial charge in [0.25, 0.3) is 11.1 Å². The van der Waals surface area contributed by atoms with E-state index in [9.17, 15) is 14.4 Å². The number of rotatable bonds is 3. The highest BCUT2D eigenvalue weighted by atomic mass is 32.2. The molecular formula is C15H18N2O3S2. The van der Waals surface area contributed by atoms with E-state index < -0.39 is 0 Å². The number of amides is 3. The van der Waals surface area contributed by atoms with Crippen molar-refractivity contribution < 1.29 is 14.4 Å². The number of carbonyl (C=O) groups is 3. The maximum Gasteiger partial charge on any atom is 0.289 e. The Morgan fingerprint density at radius 3 is 2.73 bits per heavy atom. The first kappa shape index (κ1) is 15.6. The van der Waals surface area contributed by atoms with Crippen LogP contribution < -0.4 is 5.32 Å². The van der Waals surface area contributed by atoms with Crippen LogP contribution in [0.5, 0.6) is 0 Å². The van der Waals surface area contributed by atoms with Gasteiger partial charge in [-0.25, -0.2) is 0 Å². The Hall–Kier alpha value is -1.34. The second-order valence-electron chi connectivity index (χ2n) is 5.74. The number of imide groups is 1. The SMILES string of the molecule is Cc1csc(C(=O)N[C@H]2CCCC[C@@H]2N2C(=O)CSC2=O)c1. The minimum Gasteiger partial charge on any atom is -0.347 e. The Labute approximate surface area is 137 Å². The van der Waals surface area contributed by atoms with Crippen molar-refractivity contribution in [1.82, 2.24) is 10.2 Å². The highest BCUT2D eigenvalue weighted by Gasteiger charge is 2.41. The molecule has 0 bridgehead atoms. The Balaban J connectivity index is 1.74. The summed E-state index contributed by atoms with van der Waals surface area (Å²) >= 11 is 2.47. The summed E-state index contributed by atoms with van der Waals surface area (Å²) in [6.07, 6.45) is 3.57. The molecular weight excluding hydrogens is 320 g/mol. The highest BCUT2D eigenvalue weighted by molar-refractivity contribution is 8.14. The fraction of sp³-hybridized carbons (Fsp3) is 0.533. The van der Waals surface area contributed by atoms with E-state index in [1.807, 2.05) is 18.4 Å². The smallest absolute Gasteiger partial charge is 0.289 e. The Kier molecular flexibility index (Phi) is 4.54. The number of thioether (sulfide) groups is 1. The molecule has 0 unspecified atom stereocenters. The summed E-state index contributed by atoms with van der Waals surface area (Å²) in [5, 5.41) is 4.80. The molecule has 0 aromatic carbocycles. The number of aryl methyl sites for hydroxylation is 1. The molecule has 1 aliphatic carbocycles. The average molecular weight is 338 g/mol. The van der Waals surface area contributed by atoms with E-state index in [1.165, 1.54) is 16.2 Å². The van der Waals surface area contributed by atoms with Gasteiger partial charge in [0.1, 0.15) is 0 Å². The zero-order valence-corrected chi connectivity index (χ0v) is 14.0. The first-order chi connectivity index (χ1) is 10.6. The van der Waals surface area contributed by atoms with Crippen LogP contribution in [0.1, 0.15) is 40.9 Å². The predicted molar refractivity (Wildman–Crippen MR) is 87.3 cm³/mol. The summed E-state index contributed by atoms with van der Waals surface area (Å²) in [5.74, 6) is -0.0185. The summed E-state index contributed by atoms with van der Waals surface area (Å²) in [4.78, 5) is 38.3. The van der Waals surface area contributed by atoms with Gasteiger partial charge in [0, 0.05) is 0 Å². The van der Waals surface area contributed by atoms with Crippen LogP contribution in [0, 0.1) is 6.92 Å². The zero-order valence-electron chi connectivity index (χ0n) is 12.3. The quantitative estimate of drug-likeness (QED) is 0.920. The molecule has 3 rings (SSSR count). The van der Waals surface area contributed by atoms with Gasteiger partial charge >= 0.3 is 0 Å². The maximum absolute atomic E-state index is 12.4. The molecule has 1 saturated heterocycles. The number of hydrogen-bond donors (Lipinski definition) is 1. The molecule has 0 radical (unpaired) electrons. The van der Waals surface area contributed by atoms with Crippen molar-refractivity contribution >= 4 is 40.2 Å². The molecule has 0 spiro atoms. The molecule has 1 saturated carbocycles. The number of carbonyl (C=O) groups excluding carboxylic acids is 3. The van der Waals surface area contributed by atoms with Crippen LogP contribution in [0.3, 0.4) is 0 Å². The lowest BCUT2D eigenvalue weighted by Crippen LogP contribution is -2.54. The topological polar surface area (TPSA) is 66.5 Å². The van der Waals surface area contributed by atoms with Crippen LogP contribution in [0.2, 0.25) is 0 Å². The molecule has 2 atom stereocenters. The van der Waals surface area contributed by atoms with E-state index >= 15 is 0 Å². The Bertz CT molecular complexity index is 598. The van der Waals surface area contributed by atoms with Crippen molar-refractivity contribution in [1.29, 1.82) is 0 Å². The van der Waals surface area contributed by atoms with Gasteiger partial charge in [0.15, 0.2) is 0 Å². The number of hydrogen-bond acceptors (Lipinski definition) is 5. The van der Waals surface area contributed by atoms with Crippen LogP contribution in [-0.2, 0) is 4.79 Å². The molecule has 5 nitrogen and oxygen atoms in total. The number of thiophene rings is 1. The number of nitrogens with zero attached hydrogens (tertiary/aromatic N) is 1. The van der Waals surface area contributed by atoms with Gasteiger partial charge in [-0.15, -0.1) is 11.3 Å². The lowest BCUT2D eigenvalue weighted by molar-refractivity contribution is -0.127.